The molecule has 1 nitrogen and oxygen atoms in total. The molecular weight excluding hydrogens is 215 g/mol. The Kier molecular flexibility index (Phi) is 3.05. The molecule has 2 aromatic rings. The van der Waals surface area contributed by atoms with Gasteiger partial charge in [0.25, 0.3) is 0 Å². The molecule has 0 spiro atoms. The molecule has 0 atom stereocenters. The molecule has 0 aliphatic carbocycles. The maximum absolute atomic E-state index is 13.9. The van der Waals surface area contributed by atoms with Crippen molar-refractivity contribution in [3.63, 3.8) is 0 Å². The van der Waals surface area contributed by atoms with Gasteiger partial charge in [0.1, 0.15) is 12.1 Å². The predicted octanol–water partition coefficient (Wildman–Crippen LogP) is 3.92. The summed E-state index contributed by atoms with van der Waals surface area (Å²) in [4.78, 5) is 10.6. The van der Waals surface area contributed by atoms with Gasteiger partial charge in [-0.1, -0.05) is 35.9 Å². The highest BCUT2D eigenvalue weighted by Gasteiger charge is 2.08. The van der Waals surface area contributed by atoms with Crippen LogP contribution in [0.3, 0.4) is 0 Å². The van der Waals surface area contributed by atoms with E-state index in [1.807, 2.05) is 32.0 Å². The van der Waals surface area contributed by atoms with E-state index in [-0.39, 0.29) is 5.82 Å². The summed E-state index contributed by atoms with van der Waals surface area (Å²) >= 11 is 0. The van der Waals surface area contributed by atoms with E-state index < -0.39 is 0 Å². The lowest BCUT2D eigenvalue weighted by Crippen LogP contribution is -1.91. The number of halogens is 1. The lowest BCUT2D eigenvalue weighted by atomic mass is 9.97. The number of rotatable bonds is 2. The number of hydrogen-bond acceptors (Lipinski definition) is 1. The van der Waals surface area contributed by atoms with Gasteiger partial charge in [-0.2, -0.15) is 0 Å². The molecule has 0 radical (unpaired) electrons. The van der Waals surface area contributed by atoms with E-state index in [1.165, 1.54) is 6.07 Å². The first-order valence-corrected chi connectivity index (χ1v) is 5.44. The minimum atomic E-state index is -0.358. The first kappa shape index (κ1) is 11.5. The fraction of sp³-hybridized carbons (Fsp3) is 0.133. The molecule has 2 aromatic carbocycles. The standard InChI is InChI=1S/C15H13FO/c1-10-3-4-11(2)14(7-10)13-6-5-12(9-17)8-15(13)16/h3-9H,1-2H3. The third-order valence-corrected chi connectivity index (χ3v) is 2.81. The van der Waals surface area contributed by atoms with E-state index in [0.29, 0.717) is 17.4 Å². The van der Waals surface area contributed by atoms with Crippen LogP contribution in [0.25, 0.3) is 11.1 Å². The summed E-state index contributed by atoms with van der Waals surface area (Å²) in [5.41, 5.74) is 3.88. The van der Waals surface area contributed by atoms with Crippen molar-refractivity contribution in [3.8, 4) is 11.1 Å². The molecule has 0 saturated carbocycles. The van der Waals surface area contributed by atoms with Gasteiger partial charge < -0.3 is 0 Å². The van der Waals surface area contributed by atoms with Crippen LogP contribution in [0.2, 0.25) is 0 Å². The van der Waals surface area contributed by atoms with Crippen LogP contribution in [0.5, 0.6) is 0 Å². The zero-order valence-electron chi connectivity index (χ0n) is 9.83. The number of aryl methyl sites for hydroxylation is 2. The number of carbonyl (C=O) groups is 1. The summed E-state index contributed by atoms with van der Waals surface area (Å²) in [6, 6.07) is 10.5. The monoisotopic (exact) mass is 228 g/mol. The Balaban J connectivity index is 2.60. The van der Waals surface area contributed by atoms with Crippen LogP contribution in [0.4, 0.5) is 4.39 Å². The zero-order chi connectivity index (χ0) is 12.4. The van der Waals surface area contributed by atoms with E-state index in [2.05, 4.69) is 0 Å². The largest absolute Gasteiger partial charge is 0.298 e. The van der Waals surface area contributed by atoms with Crippen molar-refractivity contribution in [2.75, 3.05) is 0 Å². The highest BCUT2D eigenvalue weighted by atomic mass is 19.1. The van der Waals surface area contributed by atoms with Crippen LogP contribution in [-0.4, -0.2) is 6.29 Å². The second-order valence-corrected chi connectivity index (χ2v) is 4.18. The van der Waals surface area contributed by atoms with Gasteiger partial charge in [-0.05, 0) is 31.0 Å². The maximum Gasteiger partial charge on any atom is 0.150 e. The molecule has 17 heavy (non-hydrogen) atoms. The molecular formula is C15H13FO. The zero-order valence-corrected chi connectivity index (χ0v) is 9.83. The molecule has 86 valence electrons. The van der Waals surface area contributed by atoms with Crippen molar-refractivity contribution < 1.29 is 9.18 Å². The highest BCUT2D eigenvalue weighted by Crippen LogP contribution is 2.27. The van der Waals surface area contributed by atoms with Crippen LogP contribution in [0.15, 0.2) is 36.4 Å². The molecule has 0 fully saturated rings. The van der Waals surface area contributed by atoms with Crippen molar-refractivity contribution in [2.24, 2.45) is 0 Å². The number of aldehydes is 1. The highest BCUT2D eigenvalue weighted by molar-refractivity contribution is 5.78. The van der Waals surface area contributed by atoms with E-state index in [1.54, 1.807) is 12.1 Å². The minimum Gasteiger partial charge on any atom is -0.298 e. The SMILES string of the molecule is Cc1ccc(C)c(-c2ccc(C=O)cc2F)c1. The topological polar surface area (TPSA) is 17.1 Å². The molecule has 0 aliphatic heterocycles. The quantitative estimate of drug-likeness (QED) is 0.712. The molecule has 0 aliphatic rings. The van der Waals surface area contributed by atoms with Gasteiger partial charge >= 0.3 is 0 Å². The van der Waals surface area contributed by atoms with Gasteiger partial charge in [0.15, 0.2) is 0 Å². The Bertz CT molecular complexity index is 573. The third-order valence-electron chi connectivity index (χ3n) is 2.81. The number of benzene rings is 2. The van der Waals surface area contributed by atoms with Gasteiger partial charge in [-0.25, -0.2) is 4.39 Å². The summed E-state index contributed by atoms with van der Waals surface area (Å²) in [6.45, 7) is 3.92. The first-order chi connectivity index (χ1) is 8.11. The fourth-order valence-corrected chi connectivity index (χ4v) is 1.85. The Morgan fingerprint density at radius 2 is 1.76 bits per heavy atom. The van der Waals surface area contributed by atoms with Crippen LogP contribution >= 0.6 is 0 Å². The van der Waals surface area contributed by atoms with E-state index in [9.17, 15) is 9.18 Å². The summed E-state index contributed by atoms with van der Waals surface area (Å²) in [5, 5.41) is 0. The predicted molar refractivity (Wildman–Crippen MR) is 66.7 cm³/mol. The Labute approximate surface area is 99.9 Å². The van der Waals surface area contributed by atoms with Crippen LogP contribution in [0.1, 0.15) is 21.5 Å². The molecule has 0 heterocycles. The van der Waals surface area contributed by atoms with Gasteiger partial charge in [0.2, 0.25) is 0 Å². The molecule has 0 bridgehead atoms. The molecule has 0 amide bonds. The Hall–Kier alpha value is -1.96. The molecule has 0 N–H and O–H groups in total. The molecule has 2 rings (SSSR count). The lowest BCUT2D eigenvalue weighted by Gasteiger charge is -2.08. The van der Waals surface area contributed by atoms with Crippen molar-refractivity contribution in [1.29, 1.82) is 0 Å². The molecule has 0 unspecified atom stereocenters. The third kappa shape index (κ3) is 2.26. The second kappa shape index (κ2) is 4.50. The first-order valence-electron chi connectivity index (χ1n) is 5.44. The summed E-state index contributed by atoms with van der Waals surface area (Å²) < 4.78 is 13.9. The van der Waals surface area contributed by atoms with Crippen molar-refractivity contribution in [3.05, 3.63) is 58.9 Å². The van der Waals surface area contributed by atoms with E-state index in [0.717, 1.165) is 16.7 Å². The Morgan fingerprint density at radius 3 is 2.41 bits per heavy atom. The van der Waals surface area contributed by atoms with E-state index >= 15 is 0 Å². The van der Waals surface area contributed by atoms with Gasteiger partial charge in [0, 0.05) is 11.1 Å². The van der Waals surface area contributed by atoms with E-state index in [4.69, 9.17) is 0 Å². The number of hydrogen-bond donors (Lipinski definition) is 0. The summed E-state index contributed by atoms with van der Waals surface area (Å²) in [6.07, 6.45) is 0.649. The van der Waals surface area contributed by atoms with Crippen LogP contribution < -0.4 is 0 Å². The molecule has 0 saturated heterocycles. The average molecular weight is 228 g/mol. The summed E-state index contributed by atoms with van der Waals surface area (Å²) in [5.74, 6) is -0.358. The lowest BCUT2D eigenvalue weighted by molar-refractivity contribution is 0.112. The maximum atomic E-state index is 13.9. The van der Waals surface area contributed by atoms with Gasteiger partial charge in [-0.3, -0.25) is 4.79 Å². The second-order valence-electron chi connectivity index (χ2n) is 4.18. The normalized spacial score (nSPS) is 10.3. The van der Waals surface area contributed by atoms with Crippen molar-refractivity contribution >= 4 is 6.29 Å². The van der Waals surface area contributed by atoms with Crippen molar-refractivity contribution in [2.45, 2.75) is 13.8 Å². The minimum absolute atomic E-state index is 0.358. The smallest absolute Gasteiger partial charge is 0.150 e. The van der Waals surface area contributed by atoms with Crippen LogP contribution in [-0.2, 0) is 0 Å². The Morgan fingerprint density at radius 1 is 1.00 bits per heavy atom. The van der Waals surface area contributed by atoms with Crippen molar-refractivity contribution in [1.82, 2.24) is 0 Å². The number of carbonyl (C=O) groups excluding carboxylic acids is 1. The fourth-order valence-electron chi connectivity index (χ4n) is 1.85. The molecule has 2 heteroatoms. The molecule has 0 aromatic heterocycles. The summed E-state index contributed by atoms with van der Waals surface area (Å²) in [7, 11) is 0. The van der Waals surface area contributed by atoms with Crippen LogP contribution in [0, 0.1) is 19.7 Å². The van der Waals surface area contributed by atoms with Gasteiger partial charge in [-0.15, -0.1) is 0 Å². The van der Waals surface area contributed by atoms with Gasteiger partial charge in [0.05, 0.1) is 0 Å². The average Bonchev–Trinajstić information content (AvgIpc) is 2.32.